The summed E-state index contributed by atoms with van der Waals surface area (Å²) in [5.41, 5.74) is 6.41. The molecule has 0 aliphatic carbocycles. The monoisotopic (exact) mass is 173 g/mol. The third-order valence-corrected chi connectivity index (χ3v) is 1.74. The Bertz CT molecular complexity index is 237. The lowest BCUT2D eigenvalue weighted by Crippen LogP contribution is -2.27. The SMILES string of the molecule is N=[N+]=NC1CN(C(=O)O)CC1O. The Hall–Kier alpha value is -1.46. The molecule has 12 heavy (non-hydrogen) atoms. The van der Waals surface area contributed by atoms with Gasteiger partial charge in [0.1, 0.15) is 16.7 Å². The summed E-state index contributed by atoms with van der Waals surface area (Å²) < 4.78 is 0. The van der Waals surface area contributed by atoms with Crippen LogP contribution >= 0.6 is 0 Å². The Morgan fingerprint density at radius 1 is 1.67 bits per heavy atom. The van der Waals surface area contributed by atoms with Crippen LogP contribution in [0.2, 0.25) is 0 Å². The maximum Gasteiger partial charge on any atom is 0.407 e. The molecule has 2 atom stereocenters. The molecule has 7 heteroatoms. The highest BCUT2D eigenvalue weighted by Crippen LogP contribution is 2.12. The molecule has 0 saturated carbocycles. The van der Waals surface area contributed by atoms with E-state index in [0.717, 1.165) is 4.90 Å². The van der Waals surface area contributed by atoms with Crippen LogP contribution in [0.4, 0.5) is 4.79 Å². The van der Waals surface area contributed by atoms with Crippen LogP contribution in [0.25, 0.3) is 0 Å². The summed E-state index contributed by atoms with van der Waals surface area (Å²) in [7, 11) is 0. The maximum absolute atomic E-state index is 10.4. The predicted molar refractivity (Wildman–Crippen MR) is 36.7 cm³/mol. The number of nitrogens with zero attached hydrogens (tertiary/aromatic N) is 3. The van der Waals surface area contributed by atoms with Crippen LogP contribution in [0.15, 0.2) is 5.11 Å². The molecule has 0 aromatic heterocycles. The molecule has 1 rings (SSSR count). The molecule has 3 N–H and O–H groups in total. The lowest BCUT2D eigenvalue weighted by atomic mass is 10.2. The molecule has 0 aromatic carbocycles. The molecule has 0 bridgehead atoms. The number of carboxylic acid groups (broad SMARTS) is 1. The minimum absolute atomic E-state index is 0.0407. The molecule has 0 radical (unpaired) electrons. The third kappa shape index (κ3) is 1.58. The van der Waals surface area contributed by atoms with Crippen LogP contribution in [0, 0.1) is 5.53 Å². The first kappa shape index (κ1) is 8.63. The predicted octanol–water partition coefficient (Wildman–Crippen LogP) is -0.740. The summed E-state index contributed by atoms with van der Waals surface area (Å²) >= 11 is 0. The van der Waals surface area contributed by atoms with E-state index in [-0.39, 0.29) is 13.1 Å². The fourth-order valence-electron chi connectivity index (χ4n) is 1.11. The van der Waals surface area contributed by atoms with Crippen molar-refractivity contribution in [1.29, 1.82) is 5.53 Å². The molecule has 1 aliphatic heterocycles. The van der Waals surface area contributed by atoms with Crippen molar-refractivity contribution < 1.29 is 15.0 Å². The van der Waals surface area contributed by atoms with E-state index in [2.05, 4.69) is 10.0 Å². The smallest absolute Gasteiger partial charge is 0.407 e. The fourth-order valence-corrected chi connectivity index (χ4v) is 1.11. The summed E-state index contributed by atoms with van der Waals surface area (Å²) in [4.78, 5) is 14.2. The minimum atomic E-state index is -1.09. The van der Waals surface area contributed by atoms with Crippen molar-refractivity contribution in [3.05, 3.63) is 0 Å². The molecule has 1 fully saturated rings. The van der Waals surface area contributed by atoms with E-state index in [0.29, 0.717) is 0 Å². The van der Waals surface area contributed by atoms with Crippen LogP contribution in [0.5, 0.6) is 0 Å². The quantitative estimate of drug-likeness (QED) is 0.358. The molecule has 0 aromatic rings. The first-order valence-electron chi connectivity index (χ1n) is 3.37. The summed E-state index contributed by atoms with van der Waals surface area (Å²) in [5.74, 6) is 0. The van der Waals surface area contributed by atoms with Crippen LogP contribution in [0.1, 0.15) is 0 Å². The molecule has 0 spiro atoms. The Kier molecular flexibility index (Phi) is 2.37. The van der Waals surface area contributed by atoms with Gasteiger partial charge in [0, 0.05) is 0 Å². The van der Waals surface area contributed by atoms with Crippen molar-refractivity contribution >= 4 is 6.09 Å². The Morgan fingerprint density at radius 2 is 2.33 bits per heavy atom. The summed E-state index contributed by atoms with van der Waals surface area (Å²) in [5, 5.41) is 21.1. The second-order valence-corrected chi connectivity index (χ2v) is 2.54. The zero-order valence-electron chi connectivity index (χ0n) is 6.21. The second-order valence-electron chi connectivity index (χ2n) is 2.54. The molecule has 1 heterocycles. The van der Waals surface area contributed by atoms with Crippen molar-refractivity contribution in [1.82, 2.24) is 9.81 Å². The molecule has 1 saturated heterocycles. The van der Waals surface area contributed by atoms with Gasteiger partial charge >= 0.3 is 6.09 Å². The van der Waals surface area contributed by atoms with Gasteiger partial charge in [-0.05, 0) is 0 Å². The summed E-state index contributed by atoms with van der Waals surface area (Å²) in [6, 6.07) is -0.585. The van der Waals surface area contributed by atoms with E-state index in [1.807, 2.05) is 0 Å². The van der Waals surface area contributed by atoms with Gasteiger partial charge in [-0.3, -0.25) is 0 Å². The lowest BCUT2D eigenvalue weighted by Gasteiger charge is -2.07. The average Bonchev–Trinajstić information content (AvgIpc) is 2.34. The number of amides is 1. The Labute approximate surface area is 67.8 Å². The van der Waals surface area contributed by atoms with Crippen LogP contribution < -0.4 is 4.91 Å². The van der Waals surface area contributed by atoms with Crippen LogP contribution in [-0.4, -0.2) is 46.4 Å². The van der Waals surface area contributed by atoms with Crippen molar-refractivity contribution in [3.63, 3.8) is 0 Å². The molecule has 1 aliphatic rings. The van der Waals surface area contributed by atoms with Gasteiger partial charge < -0.3 is 15.1 Å². The van der Waals surface area contributed by atoms with E-state index in [9.17, 15) is 9.90 Å². The standard InChI is InChI=1S/C5H8N4O3/c6-8-7-3-1-9(5(11)12)2-4(3)10/h3-4,6,10H,1-2H2/p+1. The number of rotatable bonds is 1. The van der Waals surface area contributed by atoms with Gasteiger partial charge in [-0.2, -0.15) is 0 Å². The van der Waals surface area contributed by atoms with Gasteiger partial charge in [-0.25, -0.2) is 4.79 Å². The molecule has 66 valence electrons. The second kappa shape index (κ2) is 3.29. The zero-order chi connectivity index (χ0) is 9.14. The molecule has 1 amide bonds. The highest BCUT2D eigenvalue weighted by atomic mass is 16.4. The third-order valence-electron chi connectivity index (χ3n) is 1.74. The number of hydrogen-bond donors (Lipinski definition) is 3. The highest BCUT2D eigenvalue weighted by Gasteiger charge is 2.37. The van der Waals surface area contributed by atoms with Crippen molar-refractivity contribution in [2.24, 2.45) is 5.11 Å². The zero-order valence-corrected chi connectivity index (χ0v) is 6.21. The normalized spacial score (nSPS) is 28.2. The van der Waals surface area contributed by atoms with Gasteiger partial charge in [0.2, 0.25) is 4.91 Å². The molecule has 7 nitrogen and oxygen atoms in total. The fraction of sp³-hybridized carbons (Fsp3) is 0.800. The van der Waals surface area contributed by atoms with Crippen molar-refractivity contribution in [3.8, 4) is 0 Å². The Morgan fingerprint density at radius 3 is 2.75 bits per heavy atom. The van der Waals surface area contributed by atoms with Crippen LogP contribution in [-0.2, 0) is 0 Å². The van der Waals surface area contributed by atoms with Gasteiger partial charge in [0.05, 0.1) is 13.1 Å². The topological polar surface area (TPSA) is 111 Å². The first-order valence-corrected chi connectivity index (χ1v) is 3.37. The highest BCUT2D eigenvalue weighted by molar-refractivity contribution is 5.65. The van der Waals surface area contributed by atoms with Crippen LogP contribution in [0.3, 0.4) is 0 Å². The number of hydrogen-bond acceptors (Lipinski definition) is 4. The largest absolute Gasteiger partial charge is 0.465 e. The number of nitrogens with one attached hydrogen (secondary N) is 1. The average molecular weight is 173 g/mol. The number of β-amino-alcohol motifs (C(OH)–C–C–N with tert-alkyl or cyclic N) is 1. The van der Waals surface area contributed by atoms with E-state index in [1.165, 1.54) is 0 Å². The van der Waals surface area contributed by atoms with Gasteiger partial charge in [0.25, 0.3) is 0 Å². The molecule has 2 unspecified atom stereocenters. The van der Waals surface area contributed by atoms with Gasteiger partial charge in [0.15, 0.2) is 6.04 Å². The number of aliphatic hydroxyl groups excluding tert-OH is 1. The van der Waals surface area contributed by atoms with Crippen molar-refractivity contribution in [2.75, 3.05) is 13.1 Å². The van der Waals surface area contributed by atoms with Crippen molar-refractivity contribution in [2.45, 2.75) is 12.1 Å². The lowest BCUT2D eigenvalue weighted by molar-refractivity contribution is 0.138. The summed E-state index contributed by atoms with van der Waals surface area (Å²) in [6.07, 6.45) is -1.92. The van der Waals surface area contributed by atoms with E-state index < -0.39 is 18.2 Å². The van der Waals surface area contributed by atoms with E-state index in [1.54, 1.807) is 0 Å². The number of carbonyl (C=O) groups is 1. The summed E-state index contributed by atoms with van der Waals surface area (Å²) in [6.45, 7) is 0.151. The van der Waals surface area contributed by atoms with Gasteiger partial charge in [-0.1, -0.05) is 0 Å². The maximum atomic E-state index is 10.4. The van der Waals surface area contributed by atoms with E-state index in [4.69, 9.17) is 10.6 Å². The van der Waals surface area contributed by atoms with Gasteiger partial charge in [-0.15, -0.1) is 0 Å². The minimum Gasteiger partial charge on any atom is -0.465 e. The number of likely N-dealkylation sites (tertiary alicyclic amines) is 1. The molecular formula is C5H9N4O3+. The van der Waals surface area contributed by atoms with E-state index >= 15 is 0 Å². The number of aliphatic hydroxyl groups is 1. The molecular weight excluding hydrogens is 164 g/mol. The Balaban J connectivity index is 2.61. The first-order chi connectivity index (χ1) is 5.65.